The van der Waals surface area contributed by atoms with Crippen molar-refractivity contribution in [2.45, 2.75) is 12.6 Å². The smallest absolute Gasteiger partial charge is 0.416 e. The number of ether oxygens (including phenoxy) is 1. The minimum atomic E-state index is -4.42. The number of rotatable bonds is 4. The molecule has 0 saturated carbocycles. The molecule has 0 amide bonds. The molecule has 6 heteroatoms. The molecule has 0 heterocycles. The lowest BCUT2D eigenvalue weighted by Gasteiger charge is -2.11. The largest absolute Gasteiger partial charge is 0.492 e. The van der Waals surface area contributed by atoms with Crippen LogP contribution in [0.25, 0.3) is 0 Å². The van der Waals surface area contributed by atoms with Crippen molar-refractivity contribution in [3.05, 3.63) is 28.8 Å². The van der Waals surface area contributed by atoms with E-state index in [1.165, 1.54) is 0 Å². The Labute approximate surface area is 95.6 Å². The van der Waals surface area contributed by atoms with Gasteiger partial charge in [0.2, 0.25) is 0 Å². The van der Waals surface area contributed by atoms with Gasteiger partial charge in [0.25, 0.3) is 0 Å². The van der Waals surface area contributed by atoms with E-state index >= 15 is 0 Å². The maximum atomic E-state index is 12.3. The maximum Gasteiger partial charge on any atom is 0.416 e. The second-order valence-corrected chi connectivity index (χ2v) is 3.48. The quantitative estimate of drug-likeness (QED) is 0.837. The highest BCUT2D eigenvalue weighted by Gasteiger charge is 2.31. The van der Waals surface area contributed by atoms with Crippen molar-refractivity contribution < 1.29 is 23.0 Å². The molecule has 2 nitrogen and oxygen atoms in total. The molecule has 0 unspecified atom stereocenters. The first-order chi connectivity index (χ1) is 7.45. The fraction of sp³-hybridized carbons (Fsp3) is 0.400. The van der Waals surface area contributed by atoms with Gasteiger partial charge in [0, 0.05) is 13.0 Å². The Kier molecular flexibility index (Phi) is 4.44. The first kappa shape index (κ1) is 13.1. The first-order valence-electron chi connectivity index (χ1n) is 4.55. The normalized spacial score (nSPS) is 11.6. The van der Waals surface area contributed by atoms with Crippen LogP contribution in [0.5, 0.6) is 5.75 Å². The summed E-state index contributed by atoms with van der Waals surface area (Å²) in [6, 6.07) is 2.87. The maximum absolute atomic E-state index is 12.3. The van der Waals surface area contributed by atoms with Crippen LogP contribution < -0.4 is 4.74 Å². The monoisotopic (exact) mass is 254 g/mol. The van der Waals surface area contributed by atoms with Crippen LogP contribution in [0.4, 0.5) is 13.2 Å². The van der Waals surface area contributed by atoms with Gasteiger partial charge in [-0.3, -0.25) is 0 Å². The van der Waals surface area contributed by atoms with Gasteiger partial charge in [-0.2, -0.15) is 13.2 Å². The van der Waals surface area contributed by atoms with Gasteiger partial charge in [-0.25, -0.2) is 0 Å². The van der Waals surface area contributed by atoms with Crippen molar-refractivity contribution in [2.24, 2.45) is 0 Å². The van der Waals surface area contributed by atoms with Crippen molar-refractivity contribution in [2.75, 3.05) is 13.2 Å². The number of hydrogen-bond acceptors (Lipinski definition) is 2. The average Bonchev–Trinajstić information content (AvgIpc) is 2.19. The molecule has 0 atom stereocenters. The van der Waals surface area contributed by atoms with Crippen LogP contribution >= 0.6 is 11.6 Å². The zero-order chi connectivity index (χ0) is 12.2. The van der Waals surface area contributed by atoms with E-state index in [0.29, 0.717) is 6.42 Å². The number of aliphatic hydroxyl groups is 1. The van der Waals surface area contributed by atoms with Crippen LogP contribution in [0.3, 0.4) is 0 Å². The molecule has 1 aromatic rings. The van der Waals surface area contributed by atoms with Gasteiger partial charge >= 0.3 is 6.18 Å². The van der Waals surface area contributed by atoms with Gasteiger partial charge in [-0.1, -0.05) is 11.6 Å². The number of hydrogen-bond donors (Lipinski definition) is 1. The summed E-state index contributed by atoms with van der Waals surface area (Å²) in [4.78, 5) is 0. The van der Waals surface area contributed by atoms with E-state index in [0.717, 1.165) is 18.2 Å². The summed E-state index contributed by atoms with van der Waals surface area (Å²) >= 11 is 5.67. The minimum Gasteiger partial charge on any atom is -0.492 e. The summed E-state index contributed by atoms with van der Waals surface area (Å²) in [5, 5.41) is 8.62. The molecule has 0 aliphatic carbocycles. The highest BCUT2D eigenvalue weighted by molar-refractivity contribution is 6.32. The SMILES string of the molecule is OCCCOc1cc(C(F)(F)F)ccc1Cl. The Balaban J connectivity index is 2.83. The Morgan fingerprint density at radius 1 is 1.31 bits per heavy atom. The summed E-state index contributed by atoms with van der Waals surface area (Å²) in [5.41, 5.74) is -0.809. The van der Waals surface area contributed by atoms with Crippen LogP contribution in [0.2, 0.25) is 5.02 Å². The molecule has 0 fully saturated rings. The predicted octanol–water partition coefficient (Wildman–Crippen LogP) is 3.12. The zero-order valence-electron chi connectivity index (χ0n) is 8.22. The van der Waals surface area contributed by atoms with E-state index in [1.54, 1.807) is 0 Å². The number of halogens is 4. The summed E-state index contributed by atoms with van der Waals surface area (Å²) in [6.07, 6.45) is -4.08. The van der Waals surface area contributed by atoms with E-state index in [9.17, 15) is 13.2 Å². The van der Waals surface area contributed by atoms with Gasteiger partial charge in [-0.15, -0.1) is 0 Å². The van der Waals surface area contributed by atoms with Crippen molar-refractivity contribution in [3.8, 4) is 5.75 Å². The van der Waals surface area contributed by atoms with E-state index in [2.05, 4.69) is 0 Å². The van der Waals surface area contributed by atoms with Gasteiger partial charge in [-0.05, 0) is 18.2 Å². The second-order valence-electron chi connectivity index (χ2n) is 3.07. The van der Waals surface area contributed by atoms with Crippen molar-refractivity contribution in [1.29, 1.82) is 0 Å². The molecule has 1 N–H and O–H groups in total. The van der Waals surface area contributed by atoms with E-state index < -0.39 is 11.7 Å². The van der Waals surface area contributed by atoms with Gasteiger partial charge in [0.1, 0.15) is 5.75 Å². The molecule has 0 aromatic heterocycles. The third kappa shape index (κ3) is 3.57. The summed E-state index contributed by atoms with van der Waals surface area (Å²) in [5.74, 6) is -0.0232. The average molecular weight is 255 g/mol. The van der Waals surface area contributed by atoms with E-state index in [1.807, 2.05) is 0 Å². The van der Waals surface area contributed by atoms with Gasteiger partial charge in [0.15, 0.2) is 0 Å². The molecular formula is C10H10ClF3O2. The number of alkyl halides is 3. The number of aliphatic hydroxyl groups excluding tert-OH is 1. The predicted molar refractivity (Wildman–Crippen MR) is 53.7 cm³/mol. The second kappa shape index (κ2) is 5.41. The van der Waals surface area contributed by atoms with E-state index in [-0.39, 0.29) is 24.0 Å². The molecule has 0 aliphatic rings. The molecule has 1 aromatic carbocycles. The fourth-order valence-corrected chi connectivity index (χ4v) is 1.21. The van der Waals surface area contributed by atoms with Gasteiger partial charge < -0.3 is 9.84 Å². The Morgan fingerprint density at radius 2 is 2.00 bits per heavy atom. The molecule has 0 radical (unpaired) electrons. The highest BCUT2D eigenvalue weighted by Crippen LogP contribution is 2.34. The fourth-order valence-electron chi connectivity index (χ4n) is 1.04. The van der Waals surface area contributed by atoms with Crippen LogP contribution in [-0.2, 0) is 6.18 Å². The molecule has 0 saturated heterocycles. The zero-order valence-corrected chi connectivity index (χ0v) is 8.98. The topological polar surface area (TPSA) is 29.5 Å². The molecule has 0 aliphatic heterocycles. The summed E-state index contributed by atoms with van der Waals surface area (Å²) in [6.45, 7) is 0.0358. The molecular weight excluding hydrogens is 245 g/mol. The summed E-state index contributed by atoms with van der Waals surface area (Å²) in [7, 11) is 0. The third-order valence-electron chi connectivity index (χ3n) is 1.82. The summed E-state index contributed by atoms with van der Waals surface area (Å²) < 4.78 is 42.1. The van der Waals surface area contributed by atoms with Crippen LogP contribution in [0.15, 0.2) is 18.2 Å². The lowest BCUT2D eigenvalue weighted by atomic mass is 10.2. The van der Waals surface area contributed by atoms with Gasteiger partial charge in [0.05, 0.1) is 17.2 Å². The minimum absolute atomic E-state index is 0.0232. The Hall–Kier alpha value is -0.940. The van der Waals surface area contributed by atoms with Crippen molar-refractivity contribution in [1.82, 2.24) is 0 Å². The van der Waals surface area contributed by atoms with E-state index in [4.69, 9.17) is 21.4 Å². The van der Waals surface area contributed by atoms with Crippen LogP contribution in [-0.4, -0.2) is 18.3 Å². The number of benzene rings is 1. The molecule has 0 spiro atoms. The van der Waals surface area contributed by atoms with Crippen LogP contribution in [0.1, 0.15) is 12.0 Å². The third-order valence-corrected chi connectivity index (χ3v) is 2.13. The molecule has 1 rings (SSSR count). The van der Waals surface area contributed by atoms with Crippen LogP contribution in [0, 0.1) is 0 Å². The Morgan fingerprint density at radius 3 is 2.56 bits per heavy atom. The standard InChI is InChI=1S/C10H10ClF3O2/c11-8-3-2-7(10(12,13)14)6-9(8)16-5-1-4-15/h2-3,6,15H,1,4-5H2. The molecule has 16 heavy (non-hydrogen) atoms. The lowest BCUT2D eigenvalue weighted by molar-refractivity contribution is -0.137. The lowest BCUT2D eigenvalue weighted by Crippen LogP contribution is -2.06. The molecule has 0 bridgehead atoms. The molecule has 90 valence electrons. The van der Waals surface area contributed by atoms with Crippen molar-refractivity contribution >= 4 is 11.6 Å². The van der Waals surface area contributed by atoms with Crippen molar-refractivity contribution in [3.63, 3.8) is 0 Å². The Bertz CT molecular complexity index is 352. The highest BCUT2D eigenvalue weighted by atomic mass is 35.5. The first-order valence-corrected chi connectivity index (χ1v) is 4.93.